The summed E-state index contributed by atoms with van der Waals surface area (Å²) in [6, 6.07) is 17.4. The van der Waals surface area contributed by atoms with E-state index in [0.29, 0.717) is 11.5 Å². The highest BCUT2D eigenvalue weighted by Crippen LogP contribution is 2.03. The Balaban J connectivity index is 0.000000244. The third kappa shape index (κ3) is 7.15. The molecule has 0 heterocycles. The van der Waals surface area contributed by atoms with Crippen molar-refractivity contribution < 1.29 is 15.0 Å². The molecule has 0 fully saturated rings. The molecule has 0 unspecified atom stereocenters. The van der Waals surface area contributed by atoms with Gasteiger partial charge in [0, 0.05) is 0 Å². The quantitative estimate of drug-likeness (QED) is 0.714. The Morgan fingerprint density at radius 1 is 0.625 bits per heavy atom. The number of benzene rings is 2. The van der Waals surface area contributed by atoms with Crippen LogP contribution in [0.4, 0.5) is 0 Å². The summed E-state index contributed by atoms with van der Waals surface area (Å²) in [5.74, 6) is 0.644. The third-order valence-corrected chi connectivity index (χ3v) is 1.51. The predicted octanol–water partition coefficient (Wildman–Crippen LogP) is 2.60. The first-order chi connectivity index (χ1) is 7.79. The van der Waals surface area contributed by atoms with Gasteiger partial charge in [-0.05, 0) is 24.3 Å². The van der Waals surface area contributed by atoms with Crippen molar-refractivity contribution in [3.8, 4) is 11.5 Å². The molecule has 3 nitrogen and oxygen atoms in total. The van der Waals surface area contributed by atoms with Crippen molar-refractivity contribution in [1.82, 2.24) is 0 Å². The van der Waals surface area contributed by atoms with Crippen LogP contribution in [0.15, 0.2) is 60.7 Å². The molecular weight excluding hydrogens is 204 g/mol. The molecule has 0 aromatic heterocycles. The topological polar surface area (TPSA) is 57.5 Å². The minimum Gasteiger partial charge on any atom is -0.508 e. The summed E-state index contributed by atoms with van der Waals surface area (Å²) < 4.78 is 0. The van der Waals surface area contributed by atoms with E-state index in [1.165, 1.54) is 0 Å². The predicted molar refractivity (Wildman–Crippen MR) is 63.3 cm³/mol. The van der Waals surface area contributed by atoms with E-state index in [0.717, 1.165) is 0 Å². The maximum absolute atomic E-state index is 8.63. The zero-order chi connectivity index (χ0) is 12.2. The molecule has 0 saturated heterocycles. The summed E-state index contributed by atoms with van der Waals surface area (Å²) in [5, 5.41) is 17.3. The highest BCUT2D eigenvalue weighted by molar-refractivity contribution is 5.19. The Hall–Kier alpha value is -2.29. The van der Waals surface area contributed by atoms with Gasteiger partial charge in [-0.25, -0.2) is 0 Å². The molecule has 0 bridgehead atoms. The maximum atomic E-state index is 8.63. The van der Waals surface area contributed by atoms with Gasteiger partial charge in [0.1, 0.15) is 18.3 Å². The molecular formula is C13H14O3. The molecule has 2 aromatic carbocycles. The minimum absolute atomic E-state index is 0.322. The van der Waals surface area contributed by atoms with Crippen molar-refractivity contribution in [2.75, 3.05) is 0 Å². The molecule has 2 aromatic rings. The van der Waals surface area contributed by atoms with E-state index in [2.05, 4.69) is 0 Å². The summed E-state index contributed by atoms with van der Waals surface area (Å²) in [6.07, 6.45) is 0. The number of para-hydroxylation sites is 2. The fourth-order valence-corrected chi connectivity index (χ4v) is 0.856. The first-order valence-corrected chi connectivity index (χ1v) is 4.56. The molecule has 16 heavy (non-hydrogen) atoms. The molecule has 2 N–H and O–H groups in total. The van der Waals surface area contributed by atoms with Gasteiger partial charge in [0.2, 0.25) is 0 Å². The van der Waals surface area contributed by atoms with E-state index in [9.17, 15) is 0 Å². The zero-order valence-corrected chi connectivity index (χ0v) is 8.78. The molecule has 0 aliphatic rings. The molecule has 0 aliphatic heterocycles. The molecule has 0 amide bonds. The van der Waals surface area contributed by atoms with Crippen LogP contribution in [-0.2, 0) is 4.79 Å². The molecule has 0 radical (unpaired) electrons. The summed E-state index contributed by atoms with van der Waals surface area (Å²) >= 11 is 0. The summed E-state index contributed by atoms with van der Waals surface area (Å²) in [5.41, 5.74) is 0. The van der Waals surface area contributed by atoms with E-state index >= 15 is 0 Å². The highest BCUT2D eigenvalue weighted by atomic mass is 16.3. The van der Waals surface area contributed by atoms with Gasteiger partial charge in [0.15, 0.2) is 0 Å². The van der Waals surface area contributed by atoms with Gasteiger partial charge in [-0.2, -0.15) is 0 Å². The lowest BCUT2D eigenvalue weighted by Gasteiger charge is -1.82. The number of aromatic hydroxyl groups is 2. The Labute approximate surface area is 94.6 Å². The monoisotopic (exact) mass is 218 g/mol. The van der Waals surface area contributed by atoms with Crippen molar-refractivity contribution in [2.45, 2.75) is 0 Å². The Morgan fingerprint density at radius 2 is 0.875 bits per heavy atom. The molecule has 0 aliphatic carbocycles. The van der Waals surface area contributed by atoms with Crippen LogP contribution in [0, 0.1) is 0 Å². The normalized spacial score (nSPS) is 7.75. The molecule has 2 rings (SSSR count). The van der Waals surface area contributed by atoms with Crippen LogP contribution in [0.5, 0.6) is 11.5 Å². The fourth-order valence-electron chi connectivity index (χ4n) is 0.856. The van der Waals surface area contributed by atoms with E-state index in [4.69, 9.17) is 15.0 Å². The lowest BCUT2D eigenvalue weighted by molar-refractivity contribution is -0.0979. The lowest BCUT2D eigenvalue weighted by Crippen LogP contribution is -1.56. The first-order valence-electron chi connectivity index (χ1n) is 4.56. The van der Waals surface area contributed by atoms with Gasteiger partial charge in [-0.15, -0.1) is 0 Å². The van der Waals surface area contributed by atoms with Gasteiger partial charge < -0.3 is 15.0 Å². The summed E-state index contributed by atoms with van der Waals surface area (Å²) in [4.78, 5) is 8.00. The van der Waals surface area contributed by atoms with Crippen LogP contribution in [-0.4, -0.2) is 17.0 Å². The number of carbonyl (C=O) groups is 1. The van der Waals surface area contributed by atoms with E-state index < -0.39 is 0 Å². The number of carbonyl (C=O) groups excluding carboxylic acids is 1. The van der Waals surface area contributed by atoms with Crippen molar-refractivity contribution in [1.29, 1.82) is 0 Å². The van der Waals surface area contributed by atoms with Gasteiger partial charge >= 0.3 is 0 Å². The van der Waals surface area contributed by atoms with Crippen molar-refractivity contribution in [3.05, 3.63) is 60.7 Å². The Morgan fingerprint density at radius 3 is 1.00 bits per heavy atom. The average Bonchev–Trinajstić information content (AvgIpc) is 2.34. The van der Waals surface area contributed by atoms with Crippen LogP contribution in [0.2, 0.25) is 0 Å². The number of phenolic OH excluding ortho intramolecular Hbond substituents is 2. The smallest absolute Gasteiger partial charge is 0.115 e. The van der Waals surface area contributed by atoms with E-state index in [-0.39, 0.29) is 0 Å². The lowest BCUT2D eigenvalue weighted by atomic mass is 10.3. The highest BCUT2D eigenvalue weighted by Gasteiger charge is 1.75. The minimum atomic E-state index is 0.322. The standard InChI is InChI=1S/2C6H6O.CH2O/c2*7-6-4-2-1-3-5-6;1-2/h2*1-5,7H;1H2. The van der Waals surface area contributed by atoms with Crippen LogP contribution in [0.3, 0.4) is 0 Å². The molecule has 0 saturated carbocycles. The second kappa shape index (κ2) is 9.27. The van der Waals surface area contributed by atoms with Crippen LogP contribution < -0.4 is 0 Å². The maximum Gasteiger partial charge on any atom is 0.115 e. The van der Waals surface area contributed by atoms with Gasteiger partial charge in [0.05, 0.1) is 0 Å². The number of hydrogen-bond donors (Lipinski definition) is 2. The van der Waals surface area contributed by atoms with E-state index in [1.54, 1.807) is 48.5 Å². The second-order valence-corrected chi connectivity index (χ2v) is 2.67. The summed E-state index contributed by atoms with van der Waals surface area (Å²) in [6.45, 7) is 2.00. The third-order valence-electron chi connectivity index (χ3n) is 1.51. The van der Waals surface area contributed by atoms with Gasteiger partial charge in [-0.3, -0.25) is 0 Å². The SMILES string of the molecule is C=O.Oc1ccccc1.Oc1ccccc1. The van der Waals surface area contributed by atoms with Crippen molar-refractivity contribution in [2.24, 2.45) is 0 Å². The molecule has 3 heteroatoms. The van der Waals surface area contributed by atoms with Crippen molar-refractivity contribution in [3.63, 3.8) is 0 Å². The Bertz CT molecular complexity index is 322. The largest absolute Gasteiger partial charge is 0.508 e. The average molecular weight is 218 g/mol. The van der Waals surface area contributed by atoms with Crippen molar-refractivity contribution >= 4 is 6.79 Å². The van der Waals surface area contributed by atoms with Gasteiger partial charge in [0.25, 0.3) is 0 Å². The number of phenols is 2. The summed E-state index contributed by atoms with van der Waals surface area (Å²) in [7, 11) is 0. The Kier molecular flexibility index (Phi) is 7.95. The van der Waals surface area contributed by atoms with Crippen LogP contribution >= 0.6 is 0 Å². The first kappa shape index (κ1) is 13.7. The van der Waals surface area contributed by atoms with Crippen LogP contribution in [0.1, 0.15) is 0 Å². The second-order valence-electron chi connectivity index (χ2n) is 2.67. The number of rotatable bonds is 0. The van der Waals surface area contributed by atoms with Gasteiger partial charge in [-0.1, -0.05) is 36.4 Å². The van der Waals surface area contributed by atoms with E-state index in [1.807, 2.05) is 18.9 Å². The number of hydrogen-bond acceptors (Lipinski definition) is 3. The van der Waals surface area contributed by atoms with Crippen LogP contribution in [0.25, 0.3) is 0 Å². The zero-order valence-electron chi connectivity index (χ0n) is 8.78. The molecule has 0 atom stereocenters. The molecule has 0 spiro atoms. The molecule has 84 valence electrons. The fraction of sp³-hybridized carbons (Fsp3) is 0.